The molecule has 0 spiro atoms. The molecule has 0 fully saturated rings. The largest absolute Gasteiger partial charge is 0.261 e. The SMILES string of the molecule is C1=Cc2c(ccc3c2CC=N3)C1. The van der Waals surface area contributed by atoms with Gasteiger partial charge in [-0.15, -0.1) is 0 Å². The molecule has 3 rings (SSSR count). The lowest BCUT2D eigenvalue weighted by molar-refractivity contribution is 1.27. The summed E-state index contributed by atoms with van der Waals surface area (Å²) in [6.45, 7) is 0. The number of benzene rings is 1. The van der Waals surface area contributed by atoms with Crippen LogP contribution in [-0.2, 0) is 12.8 Å². The average Bonchev–Trinajstić information content (AvgIpc) is 2.71. The van der Waals surface area contributed by atoms with Crippen molar-refractivity contribution in [3.8, 4) is 0 Å². The van der Waals surface area contributed by atoms with E-state index in [9.17, 15) is 0 Å². The Morgan fingerprint density at radius 1 is 1.17 bits per heavy atom. The quantitative estimate of drug-likeness (QED) is 0.546. The second-order valence-electron chi connectivity index (χ2n) is 3.26. The van der Waals surface area contributed by atoms with E-state index < -0.39 is 0 Å². The van der Waals surface area contributed by atoms with E-state index >= 15 is 0 Å². The topological polar surface area (TPSA) is 12.4 Å². The predicted octanol–water partition coefficient (Wildman–Crippen LogP) is 2.51. The maximum Gasteiger partial charge on any atom is 0.0667 e. The van der Waals surface area contributed by atoms with Crippen LogP contribution in [0.5, 0.6) is 0 Å². The van der Waals surface area contributed by atoms with Gasteiger partial charge in [-0.2, -0.15) is 0 Å². The average molecular weight is 155 g/mol. The van der Waals surface area contributed by atoms with Gasteiger partial charge in [0.1, 0.15) is 0 Å². The van der Waals surface area contributed by atoms with Crippen molar-refractivity contribution in [3.05, 3.63) is 34.9 Å². The van der Waals surface area contributed by atoms with E-state index in [1.54, 1.807) is 0 Å². The number of rotatable bonds is 0. The number of allylic oxidation sites excluding steroid dienone is 1. The summed E-state index contributed by atoms with van der Waals surface area (Å²) >= 11 is 0. The van der Waals surface area contributed by atoms with Gasteiger partial charge in [0.05, 0.1) is 5.69 Å². The molecule has 0 amide bonds. The highest BCUT2D eigenvalue weighted by molar-refractivity contribution is 5.81. The number of aliphatic imine (C=N–C) groups is 1. The summed E-state index contributed by atoms with van der Waals surface area (Å²) in [5.74, 6) is 0. The lowest BCUT2D eigenvalue weighted by Crippen LogP contribution is -1.88. The van der Waals surface area contributed by atoms with Crippen molar-refractivity contribution < 1.29 is 0 Å². The van der Waals surface area contributed by atoms with Gasteiger partial charge in [0.25, 0.3) is 0 Å². The zero-order chi connectivity index (χ0) is 7.97. The van der Waals surface area contributed by atoms with Crippen molar-refractivity contribution in [2.75, 3.05) is 0 Å². The molecule has 0 N–H and O–H groups in total. The smallest absolute Gasteiger partial charge is 0.0667 e. The third-order valence-corrected chi connectivity index (χ3v) is 2.57. The van der Waals surface area contributed by atoms with Crippen molar-refractivity contribution >= 4 is 18.0 Å². The van der Waals surface area contributed by atoms with Gasteiger partial charge in [-0.3, -0.25) is 4.99 Å². The molecular weight excluding hydrogens is 146 g/mol. The second kappa shape index (κ2) is 2.07. The van der Waals surface area contributed by atoms with Crippen molar-refractivity contribution in [2.24, 2.45) is 4.99 Å². The summed E-state index contributed by atoms with van der Waals surface area (Å²) in [5, 5.41) is 0. The van der Waals surface area contributed by atoms with Crippen LogP contribution in [0.3, 0.4) is 0 Å². The number of nitrogens with zero attached hydrogens (tertiary/aromatic N) is 1. The van der Waals surface area contributed by atoms with Crippen LogP contribution in [0.4, 0.5) is 5.69 Å². The minimum absolute atomic E-state index is 1.02. The molecular formula is C11H9N. The molecule has 1 nitrogen and oxygen atoms in total. The van der Waals surface area contributed by atoms with Crippen molar-refractivity contribution in [1.82, 2.24) is 0 Å². The molecule has 2 aliphatic rings. The zero-order valence-electron chi connectivity index (χ0n) is 6.75. The van der Waals surface area contributed by atoms with Crippen molar-refractivity contribution in [2.45, 2.75) is 12.8 Å². The molecule has 0 bridgehead atoms. The van der Waals surface area contributed by atoms with Gasteiger partial charge in [-0.1, -0.05) is 18.2 Å². The Balaban J connectivity index is 2.33. The van der Waals surface area contributed by atoms with Gasteiger partial charge in [-0.25, -0.2) is 0 Å². The zero-order valence-corrected chi connectivity index (χ0v) is 6.75. The number of hydrogen-bond donors (Lipinski definition) is 0. The Hall–Kier alpha value is -1.37. The molecule has 0 unspecified atom stereocenters. The molecule has 0 saturated carbocycles. The molecule has 58 valence electrons. The molecule has 0 saturated heterocycles. The third-order valence-electron chi connectivity index (χ3n) is 2.57. The van der Waals surface area contributed by atoms with Crippen LogP contribution < -0.4 is 0 Å². The van der Waals surface area contributed by atoms with E-state index in [0.717, 1.165) is 12.8 Å². The molecule has 0 atom stereocenters. The first-order valence-corrected chi connectivity index (χ1v) is 4.29. The third kappa shape index (κ3) is 0.658. The lowest BCUT2D eigenvalue weighted by Gasteiger charge is -2.04. The molecule has 1 aliphatic heterocycles. The second-order valence-corrected chi connectivity index (χ2v) is 3.26. The molecule has 1 aromatic carbocycles. The van der Waals surface area contributed by atoms with Crippen molar-refractivity contribution in [3.63, 3.8) is 0 Å². The van der Waals surface area contributed by atoms with Gasteiger partial charge in [0.15, 0.2) is 0 Å². The molecule has 12 heavy (non-hydrogen) atoms. The summed E-state index contributed by atoms with van der Waals surface area (Å²) in [7, 11) is 0. The Labute approximate surface area is 71.5 Å². The van der Waals surface area contributed by atoms with Gasteiger partial charge >= 0.3 is 0 Å². The summed E-state index contributed by atoms with van der Waals surface area (Å²) in [4.78, 5) is 4.32. The summed E-state index contributed by atoms with van der Waals surface area (Å²) < 4.78 is 0. The first kappa shape index (κ1) is 6.18. The monoisotopic (exact) mass is 155 g/mol. The van der Waals surface area contributed by atoms with Crippen LogP contribution in [0, 0.1) is 0 Å². The van der Waals surface area contributed by atoms with E-state index in [1.165, 1.54) is 22.4 Å². The van der Waals surface area contributed by atoms with Gasteiger partial charge < -0.3 is 0 Å². The van der Waals surface area contributed by atoms with Gasteiger partial charge in [-0.05, 0) is 29.2 Å². The maximum absolute atomic E-state index is 4.32. The Morgan fingerprint density at radius 2 is 2.17 bits per heavy atom. The van der Waals surface area contributed by atoms with Crippen LogP contribution in [0.2, 0.25) is 0 Å². The standard InChI is InChI=1S/C11H9N/c1-2-8-4-5-11-10(6-7-12-11)9(8)3-1/h1,3-5,7H,2,6H2. The van der Waals surface area contributed by atoms with E-state index in [-0.39, 0.29) is 0 Å². The minimum atomic E-state index is 1.02. The summed E-state index contributed by atoms with van der Waals surface area (Å²) in [5.41, 5.74) is 5.46. The van der Waals surface area contributed by atoms with Crippen LogP contribution in [0.25, 0.3) is 6.08 Å². The lowest BCUT2D eigenvalue weighted by atomic mass is 10.0. The maximum atomic E-state index is 4.32. The molecule has 1 aliphatic carbocycles. The van der Waals surface area contributed by atoms with Crippen LogP contribution >= 0.6 is 0 Å². The first-order chi connectivity index (χ1) is 5.95. The predicted molar refractivity (Wildman–Crippen MR) is 51.0 cm³/mol. The summed E-state index contributed by atoms with van der Waals surface area (Å²) in [6, 6.07) is 4.32. The Bertz CT molecular complexity index is 400. The van der Waals surface area contributed by atoms with Crippen LogP contribution in [-0.4, -0.2) is 6.21 Å². The van der Waals surface area contributed by atoms with Crippen LogP contribution in [0.15, 0.2) is 23.2 Å². The first-order valence-electron chi connectivity index (χ1n) is 4.29. The fraction of sp³-hybridized carbons (Fsp3) is 0.182. The molecule has 0 aromatic heterocycles. The number of hydrogen-bond acceptors (Lipinski definition) is 1. The molecule has 1 heteroatoms. The molecule has 1 heterocycles. The Kier molecular flexibility index (Phi) is 1.06. The van der Waals surface area contributed by atoms with Gasteiger partial charge in [0.2, 0.25) is 0 Å². The normalized spacial score (nSPS) is 16.7. The Morgan fingerprint density at radius 3 is 3.17 bits per heavy atom. The van der Waals surface area contributed by atoms with Crippen LogP contribution in [0.1, 0.15) is 16.7 Å². The summed E-state index contributed by atoms with van der Waals surface area (Å²) in [6.07, 6.45) is 8.56. The highest BCUT2D eigenvalue weighted by Gasteiger charge is 2.15. The molecule has 0 radical (unpaired) electrons. The number of fused-ring (bicyclic) bond motifs is 3. The highest BCUT2D eigenvalue weighted by atomic mass is 14.7. The minimum Gasteiger partial charge on any atom is -0.261 e. The van der Waals surface area contributed by atoms with E-state index in [0.29, 0.717) is 0 Å². The van der Waals surface area contributed by atoms with E-state index in [2.05, 4.69) is 29.3 Å². The highest BCUT2D eigenvalue weighted by Crippen LogP contribution is 2.33. The van der Waals surface area contributed by atoms with E-state index in [1.807, 2.05) is 6.21 Å². The van der Waals surface area contributed by atoms with E-state index in [4.69, 9.17) is 0 Å². The van der Waals surface area contributed by atoms with Crippen molar-refractivity contribution in [1.29, 1.82) is 0 Å². The fourth-order valence-electron chi connectivity index (χ4n) is 1.96. The molecule has 1 aromatic rings. The van der Waals surface area contributed by atoms with Gasteiger partial charge in [0, 0.05) is 12.6 Å². The fourth-order valence-corrected chi connectivity index (χ4v) is 1.96.